The van der Waals surface area contributed by atoms with Gasteiger partial charge in [-0.1, -0.05) is 37.6 Å². The monoisotopic (exact) mass is 311 g/mol. The molecule has 0 N–H and O–H groups in total. The summed E-state index contributed by atoms with van der Waals surface area (Å²) < 4.78 is 0.313. The summed E-state index contributed by atoms with van der Waals surface area (Å²) in [6.07, 6.45) is 1.12. The summed E-state index contributed by atoms with van der Waals surface area (Å²) in [5.74, 6) is 1.25. The molecule has 1 unspecified atom stereocenters. The molecule has 1 aliphatic rings. The highest BCUT2D eigenvalue weighted by molar-refractivity contribution is 8.00. The third kappa shape index (κ3) is 4.00. The van der Waals surface area contributed by atoms with Crippen molar-refractivity contribution in [2.24, 2.45) is 0 Å². The summed E-state index contributed by atoms with van der Waals surface area (Å²) >= 11 is 7.97. The molecule has 0 aliphatic carbocycles. The average Bonchev–Trinajstić information content (AvgIpc) is 2.58. The molecule has 0 saturated carbocycles. The smallest absolute Gasteiger partial charge is 0.179 e. The lowest BCUT2D eigenvalue weighted by Crippen LogP contribution is -2.40. The van der Waals surface area contributed by atoms with Gasteiger partial charge in [-0.3, -0.25) is 9.69 Å². The zero-order valence-corrected chi connectivity index (χ0v) is 13.9. The Morgan fingerprint density at radius 2 is 2.15 bits per heavy atom. The van der Waals surface area contributed by atoms with Gasteiger partial charge in [0, 0.05) is 34.2 Å². The van der Waals surface area contributed by atoms with Crippen molar-refractivity contribution in [1.29, 1.82) is 0 Å². The van der Waals surface area contributed by atoms with Crippen molar-refractivity contribution in [3.63, 3.8) is 0 Å². The van der Waals surface area contributed by atoms with Crippen LogP contribution in [0.25, 0.3) is 0 Å². The predicted molar refractivity (Wildman–Crippen MR) is 88.0 cm³/mol. The maximum atomic E-state index is 12.6. The van der Waals surface area contributed by atoms with Crippen LogP contribution in [-0.4, -0.2) is 40.3 Å². The van der Waals surface area contributed by atoms with Crippen LogP contribution in [0.4, 0.5) is 0 Å². The molecule has 1 saturated heterocycles. The first-order valence-electron chi connectivity index (χ1n) is 7.07. The number of thioether (sulfide) groups is 1. The number of carbonyl (C=O) groups is 1. The van der Waals surface area contributed by atoms with Crippen LogP contribution in [0, 0.1) is 0 Å². The van der Waals surface area contributed by atoms with Crippen molar-refractivity contribution in [1.82, 2.24) is 4.90 Å². The molecular formula is C16H22ClNOS. The Hall–Kier alpha value is -0.510. The van der Waals surface area contributed by atoms with Gasteiger partial charge in [-0.2, -0.15) is 11.8 Å². The topological polar surface area (TPSA) is 20.3 Å². The van der Waals surface area contributed by atoms with Crippen LogP contribution in [0.5, 0.6) is 0 Å². The molecule has 1 aliphatic heterocycles. The minimum atomic E-state index is -0.0806. The first kappa shape index (κ1) is 15.9. The highest BCUT2D eigenvalue weighted by Crippen LogP contribution is 2.31. The number of benzene rings is 1. The standard InChI is InChI=1S/C16H22ClNOS/c1-12(15(19)13-5-4-6-14(17)11-13)18-8-7-16(2,3)20-10-9-18/h4-6,11-12H,7-10H2,1-3H3. The van der Waals surface area contributed by atoms with Gasteiger partial charge in [-0.25, -0.2) is 0 Å². The van der Waals surface area contributed by atoms with Gasteiger partial charge in [0.15, 0.2) is 5.78 Å². The maximum absolute atomic E-state index is 12.6. The second-order valence-corrected chi connectivity index (χ2v) is 8.18. The summed E-state index contributed by atoms with van der Waals surface area (Å²) in [4.78, 5) is 14.9. The minimum absolute atomic E-state index is 0.0806. The van der Waals surface area contributed by atoms with E-state index in [-0.39, 0.29) is 11.8 Å². The summed E-state index contributed by atoms with van der Waals surface area (Å²) in [7, 11) is 0. The number of nitrogens with zero attached hydrogens (tertiary/aromatic N) is 1. The molecule has 0 aromatic heterocycles. The molecule has 0 spiro atoms. The van der Waals surface area contributed by atoms with E-state index >= 15 is 0 Å². The molecule has 0 amide bonds. The van der Waals surface area contributed by atoms with Crippen molar-refractivity contribution in [2.45, 2.75) is 38.0 Å². The molecular weight excluding hydrogens is 290 g/mol. The van der Waals surface area contributed by atoms with Crippen molar-refractivity contribution in [3.8, 4) is 0 Å². The normalized spacial score (nSPS) is 21.2. The number of hydrogen-bond donors (Lipinski definition) is 0. The first-order chi connectivity index (χ1) is 9.39. The lowest BCUT2D eigenvalue weighted by Gasteiger charge is -2.27. The van der Waals surface area contributed by atoms with E-state index in [2.05, 4.69) is 18.7 Å². The van der Waals surface area contributed by atoms with Crippen LogP contribution in [0.15, 0.2) is 24.3 Å². The average molecular weight is 312 g/mol. The van der Waals surface area contributed by atoms with E-state index in [4.69, 9.17) is 11.6 Å². The van der Waals surface area contributed by atoms with Gasteiger partial charge >= 0.3 is 0 Å². The molecule has 1 aromatic carbocycles. The number of halogens is 1. The van der Waals surface area contributed by atoms with E-state index in [0.717, 1.165) is 25.3 Å². The van der Waals surface area contributed by atoms with E-state index in [0.29, 0.717) is 15.3 Å². The zero-order chi connectivity index (χ0) is 14.8. The predicted octanol–water partition coefficient (Wildman–Crippen LogP) is 4.13. The van der Waals surface area contributed by atoms with Gasteiger partial charge in [-0.15, -0.1) is 0 Å². The molecule has 0 bridgehead atoms. The van der Waals surface area contributed by atoms with Crippen molar-refractivity contribution < 1.29 is 4.79 Å². The summed E-state index contributed by atoms with van der Waals surface area (Å²) in [5.41, 5.74) is 0.709. The van der Waals surface area contributed by atoms with Crippen LogP contribution >= 0.6 is 23.4 Å². The molecule has 1 heterocycles. The quantitative estimate of drug-likeness (QED) is 0.783. The Labute approximate surface area is 130 Å². The molecule has 2 nitrogen and oxygen atoms in total. The van der Waals surface area contributed by atoms with Crippen LogP contribution in [-0.2, 0) is 0 Å². The van der Waals surface area contributed by atoms with Gasteiger partial charge in [0.05, 0.1) is 6.04 Å². The maximum Gasteiger partial charge on any atom is 0.179 e. The van der Waals surface area contributed by atoms with E-state index in [1.807, 2.05) is 30.8 Å². The van der Waals surface area contributed by atoms with Crippen LogP contribution < -0.4 is 0 Å². The van der Waals surface area contributed by atoms with Crippen molar-refractivity contribution in [2.75, 3.05) is 18.8 Å². The fourth-order valence-electron chi connectivity index (χ4n) is 2.47. The van der Waals surface area contributed by atoms with Crippen LogP contribution in [0.1, 0.15) is 37.6 Å². The molecule has 4 heteroatoms. The van der Waals surface area contributed by atoms with E-state index < -0.39 is 0 Å². The molecule has 2 rings (SSSR count). The zero-order valence-electron chi connectivity index (χ0n) is 12.4. The van der Waals surface area contributed by atoms with E-state index in [1.54, 1.807) is 12.1 Å². The number of Topliss-reactive ketones (excluding diaryl/α,β-unsaturated/α-hetero) is 1. The SMILES string of the molecule is CC(C(=O)c1cccc(Cl)c1)N1CCSC(C)(C)CC1. The van der Waals surface area contributed by atoms with Gasteiger partial charge < -0.3 is 0 Å². The lowest BCUT2D eigenvalue weighted by molar-refractivity contribution is 0.0844. The molecule has 0 radical (unpaired) electrons. The van der Waals surface area contributed by atoms with Gasteiger partial charge in [0.2, 0.25) is 0 Å². The summed E-state index contributed by atoms with van der Waals surface area (Å²) in [6, 6.07) is 7.17. The Bertz CT molecular complexity index is 489. The third-order valence-electron chi connectivity index (χ3n) is 3.91. The van der Waals surface area contributed by atoms with Crippen LogP contribution in [0.3, 0.4) is 0 Å². The molecule has 1 atom stereocenters. The Balaban J connectivity index is 2.07. The fraction of sp³-hybridized carbons (Fsp3) is 0.562. The molecule has 1 aromatic rings. The second kappa shape index (κ2) is 6.50. The Morgan fingerprint density at radius 1 is 1.40 bits per heavy atom. The Morgan fingerprint density at radius 3 is 2.85 bits per heavy atom. The van der Waals surface area contributed by atoms with Crippen molar-refractivity contribution >= 4 is 29.1 Å². The largest absolute Gasteiger partial charge is 0.293 e. The number of rotatable bonds is 3. The summed E-state index contributed by atoms with van der Waals surface area (Å²) in [6.45, 7) is 8.52. The van der Waals surface area contributed by atoms with Crippen molar-refractivity contribution in [3.05, 3.63) is 34.9 Å². The van der Waals surface area contributed by atoms with E-state index in [9.17, 15) is 4.79 Å². The number of carbonyl (C=O) groups excluding carboxylic acids is 1. The van der Waals surface area contributed by atoms with Gasteiger partial charge in [-0.05, 0) is 25.5 Å². The van der Waals surface area contributed by atoms with Gasteiger partial charge in [0.25, 0.3) is 0 Å². The van der Waals surface area contributed by atoms with Gasteiger partial charge in [0.1, 0.15) is 0 Å². The molecule has 20 heavy (non-hydrogen) atoms. The lowest BCUT2D eigenvalue weighted by atomic mass is 10.0. The minimum Gasteiger partial charge on any atom is -0.293 e. The highest BCUT2D eigenvalue weighted by Gasteiger charge is 2.28. The number of hydrogen-bond acceptors (Lipinski definition) is 3. The molecule has 1 fully saturated rings. The first-order valence-corrected chi connectivity index (χ1v) is 8.43. The highest BCUT2D eigenvalue weighted by atomic mass is 35.5. The fourth-order valence-corrected chi connectivity index (χ4v) is 3.78. The Kier molecular flexibility index (Phi) is 5.16. The van der Waals surface area contributed by atoms with Crippen LogP contribution in [0.2, 0.25) is 5.02 Å². The van der Waals surface area contributed by atoms with E-state index in [1.165, 1.54) is 0 Å². The molecule has 110 valence electrons. The number of ketones is 1. The third-order valence-corrected chi connectivity index (χ3v) is 5.52. The second-order valence-electron chi connectivity index (χ2n) is 5.94. The summed E-state index contributed by atoms with van der Waals surface area (Å²) in [5, 5.41) is 0.621.